The molecule has 0 bridgehead atoms. The summed E-state index contributed by atoms with van der Waals surface area (Å²) in [5.74, 6) is -0.0309. The third kappa shape index (κ3) is 8.51. The van der Waals surface area contributed by atoms with Crippen LogP contribution in [0.15, 0.2) is 42.5 Å². The molecule has 1 saturated carbocycles. The Kier molecular flexibility index (Phi) is 12.0. The van der Waals surface area contributed by atoms with Gasteiger partial charge in [0.25, 0.3) is 0 Å². The molecule has 2 aromatic carbocycles. The van der Waals surface area contributed by atoms with Crippen LogP contribution in [-0.4, -0.2) is 56.6 Å². The fraction of sp³-hybridized carbons (Fsp3) is 0.517. The van der Waals surface area contributed by atoms with Crippen molar-refractivity contribution >= 4 is 50.7 Å². The van der Waals surface area contributed by atoms with E-state index in [9.17, 15) is 18.0 Å². The Bertz CT molecular complexity index is 1250. The lowest BCUT2D eigenvalue weighted by Gasteiger charge is -2.32. The molecule has 1 unspecified atom stereocenters. The van der Waals surface area contributed by atoms with Gasteiger partial charge in [-0.3, -0.25) is 13.9 Å². The van der Waals surface area contributed by atoms with Crippen molar-refractivity contribution in [3.63, 3.8) is 0 Å². The summed E-state index contributed by atoms with van der Waals surface area (Å²) in [4.78, 5) is 28.6. The second kappa shape index (κ2) is 14.9. The van der Waals surface area contributed by atoms with E-state index in [-0.39, 0.29) is 43.8 Å². The molecular formula is C29H39Cl2N3O5S. The van der Waals surface area contributed by atoms with Crippen LogP contribution < -0.4 is 14.4 Å². The van der Waals surface area contributed by atoms with Gasteiger partial charge in [0, 0.05) is 41.2 Å². The van der Waals surface area contributed by atoms with E-state index in [1.807, 2.05) is 13.8 Å². The molecule has 2 amide bonds. The minimum absolute atomic E-state index is 0.0259. The molecule has 0 radical (unpaired) electrons. The Morgan fingerprint density at radius 3 is 2.30 bits per heavy atom. The summed E-state index contributed by atoms with van der Waals surface area (Å²) in [5.41, 5.74) is 0.982. The third-order valence-corrected chi connectivity index (χ3v) is 8.95. The largest absolute Gasteiger partial charge is 0.492 e. The van der Waals surface area contributed by atoms with E-state index >= 15 is 0 Å². The maximum atomic E-state index is 13.7. The molecule has 0 aromatic heterocycles. The number of ether oxygens (including phenoxy) is 1. The minimum atomic E-state index is -3.66. The number of anilines is 1. The van der Waals surface area contributed by atoms with Gasteiger partial charge in [0.1, 0.15) is 11.8 Å². The molecule has 8 nitrogen and oxygen atoms in total. The molecule has 1 N–H and O–H groups in total. The van der Waals surface area contributed by atoms with Crippen molar-refractivity contribution in [3.05, 3.63) is 58.1 Å². The molecule has 0 heterocycles. The third-order valence-electron chi connectivity index (χ3n) is 7.06. The fourth-order valence-corrected chi connectivity index (χ4v) is 6.55. The molecule has 2 aromatic rings. The SMILES string of the molecule is CCOc1ccccc1N(CCCC(=O)N(Cc1c(Cl)cccc1Cl)C(CC)C(=O)NC1CCCC1)S(C)(=O)=O. The van der Waals surface area contributed by atoms with Gasteiger partial charge in [-0.1, -0.05) is 61.2 Å². The van der Waals surface area contributed by atoms with Gasteiger partial charge in [0.05, 0.1) is 18.6 Å². The number of hydrogen-bond acceptors (Lipinski definition) is 5. The van der Waals surface area contributed by atoms with Crippen molar-refractivity contribution in [1.82, 2.24) is 10.2 Å². The average molecular weight is 613 g/mol. The molecule has 40 heavy (non-hydrogen) atoms. The molecule has 0 saturated heterocycles. The predicted molar refractivity (Wildman–Crippen MR) is 161 cm³/mol. The van der Waals surface area contributed by atoms with Crippen LogP contribution >= 0.6 is 23.2 Å². The van der Waals surface area contributed by atoms with Crippen molar-refractivity contribution in [2.45, 2.75) is 77.4 Å². The van der Waals surface area contributed by atoms with Gasteiger partial charge in [-0.05, 0) is 56.9 Å². The number of halogens is 2. The van der Waals surface area contributed by atoms with Crippen LogP contribution in [0.2, 0.25) is 10.0 Å². The number of hydrogen-bond donors (Lipinski definition) is 1. The number of benzene rings is 2. The highest BCUT2D eigenvalue weighted by Crippen LogP contribution is 2.31. The van der Waals surface area contributed by atoms with Crippen LogP contribution in [0.5, 0.6) is 5.75 Å². The average Bonchev–Trinajstić information content (AvgIpc) is 3.41. The lowest BCUT2D eigenvalue weighted by Crippen LogP contribution is -2.51. The molecule has 220 valence electrons. The number of amides is 2. The zero-order chi connectivity index (χ0) is 29.3. The van der Waals surface area contributed by atoms with E-state index in [1.165, 1.54) is 9.21 Å². The van der Waals surface area contributed by atoms with Gasteiger partial charge < -0.3 is 15.0 Å². The van der Waals surface area contributed by atoms with Gasteiger partial charge in [-0.25, -0.2) is 8.42 Å². The van der Waals surface area contributed by atoms with Gasteiger partial charge in [-0.2, -0.15) is 0 Å². The quantitative estimate of drug-likeness (QED) is 0.291. The van der Waals surface area contributed by atoms with Gasteiger partial charge >= 0.3 is 0 Å². The molecule has 0 aliphatic heterocycles. The fourth-order valence-electron chi connectivity index (χ4n) is 5.06. The Morgan fingerprint density at radius 2 is 1.70 bits per heavy atom. The summed E-state index contributed by atoms with van der Waals surface area (Å²) in [6.45, 7) is 4.21. The number of carbonyl (C=O) groups is 2. The molecule has 0 spiro atoms. The molecular weight excluding hydrogens is 573 g/mol. The van der Waals surface area contributed by atoms with Crippen molar-refractivity contribution in [3.8, 4) is 5.75 Å². The molecule has 1 atom stereocenters. The van der Waals surface area contributed by atoms with Crippen molar-refractivity contribution < 1.29 is 22.7 Å². The monoisotopic (exact) mass is 611 g/mol. The second-order valence-corrected chi connectivity index (χ2v) is 12.7. The van der Waals surface area contributed by atoms with Crippen LogP contribution in [0.3, 0.4) is 0 Å². The number of nitrogens with one attached hydrogen (secondary N) is 1. The van der Waals surface area contributed by atoms with Gasteiger partial charge in [0.15, 0.2) is 0 Å². The number of nitrogens with zero attached hydrogens (tertiary/aromatic N) is 2. The summed E-state index contributed by atoms with van der Waals surface area (Å²) in [7, 11) is -3.66. The highest BCUT2D eigenvalue weighted by Gasteiger charge is 2.31. The Balaban J connectivity index is 1.82. The summed E-state index contributed by atoms with van der Waals surface area (Å²) in [6, 6.07) is 11.4. The topological polar surface area (TPSA) is 96.0 Å². The number of para-hydroxylation sites is 2. The predicted octanol–water partition coefficient (Wildman–Crippen LogP) is 5.80. The number of carbonyl (C=O) groups excluding carboxylic acids is 2. The molecule has 11 heteroatoms. The van der Waals surface area contributed by atoms with Crippen LogP contribution in [0.1, 0.15) is 64.4 Å². The number of sulfonamides is 1. The maximum absolute atomic E-state index is 13.7. The number of rotatable bonds is 14. The Morgan fingerprint density at radius 1 is 1.05 bits per heavy atom. The minimum Gasteiger partial charge on any atom is -0.492 e. The van der Waals surface area contributed by atoms with Crippen LogP contribution in [0, 0.1) is 0 Å². The van der Waals surface area contributed by atoms with Crippen LogP contribution in [0.4, 0.5) is 5.69 Å². The summed E-state index contributed by atoms with van der Waals surface area (Å²) >= 11 is 12.9. The molecule has 3 rings (SSSR count). The molecule has 1 fully saturated rings. The van der Waals surface area contributed by atoms with Crippen molar-refractivity contribution in [2.24, 2.45) is 0 Å². The van der Waals surface area contributed by atoms with Crippen molar-refractivity contribution in [2.75, 3.05) is 23.7 Å². The van der Waals surface area contributed by atoms with Gasteiger partial charge in [-0.15, -0.1) is 0 Å². The van der Waals surface area contributed by atoms with E-state index in [4.69, 9.17) is 27.9 Å². The van der Waals surface area contributed by atoms with Crippen molar-refractivity contribution in [1.29, 1.82) is 0 Å². The van der Waals surface area contributed by atoms with E-state index in [0.29, 0.717) is 40.1 Å². The normalized spacial score (nSPS) is 14.5. The lowest BCUT2D eigenvalue weighted by atomic mass is 10.1. The summed E-state index contributed by atoms with van der Waals surface area (Å²) in [6.07, 6.45) is 5.80. The molecule has 1 aliphatic rings. The Hall–Kier alpha value is -2.49. The van der Waals surface area contributed by atoms with E-state index in [0.717, 1.165) is 31.9 Å². The Labute approximate surface area is 248 Å². The first-order valence-corrected chi connectivity index (χ1v) is 16.4. The first-order chi connectivity index (χ1) is 19.1. The highest BCUT2D eigenvalue weighted by atomic mass is 35.5. The van der Waals surface area contributed by atoms with Crippen LogP contribution in [0.25, 0.3) is 0 Å². The van der Waals surface area contributed by atoms with Crippen LogP contribution in [-0.2, 0) is 26.2 Å². The maximum Gasteiger partial charge on any atom is 0.243 e. The highest BCUT2D eigenvalue weighted by molar-refractivity contribution is 7.92. The summed E-state index contributed by atoms with van der Waals surface area (Å²) < 4.78 is 32.3. The first-order valence-electron chi connectivity index (χ1n) is 13.8. The summed E-state index contributed by atoms with van der Waals surface area (Å²) in [5, 5.41) is 3.93. The zero-order valence-corrected chi connectivity index (χ0v) is 25.7. The standard InChI is InChI=1S/C29H39Cl2N3O5S/c1-4-25(29(36)32-21-12-6-7-13-21)33(20-22-23(30)14-10-15-24(22)31)28(35)18-11-19-34(40(3,37)38)26-16-8-9-17-27(26)39-5-2/h8-10,14-17,21,25H,4-7,11-13,18-20H2,1-3H3,(H,32,36). The first kappa shape index (κ1) is 32.0. The van der Waals surface area contributed by atoms with E-state index < -0.39 is 16.1 Å². The van der Waals surface area contributed by atoms with E-state index in [1.54, 1.807) is 42.5 Å². The molecule has 1 aliphatic carbocycles. The second-order valence-electron chi connectivity index (χ2n) is 9.98. The van der Waals surface area contributed by atoms with Gasteiger partial charge in [0.2, 0.25) is 21.8 Å². The van der Waals surface area contributed by atoms with E-state index in [2.05, 4.69) is 5.32 Å². The lowest BCUT2D eigenvalue weighted by molar-refractivity contribution is -0.141. The zero-order valence-electron chi connectivity index (χ0n) is 23.4. The smallest absolute Gasteiger partial charge is 0.243 e.